The maximum Gasteiger partial charge on any atom is 0.288 e. The number of nitro benzene ring substituents is 1. The van der Waals surface area contributed by atoms with Crippen LogP contribution in [0.4, 0.5) is 5.69 Å². The Kier molecular flexibility index (Phi) is 6.10. The van der Waals surface area contributed by atoms with Crippen LogP contribution in [0.25, 0.3) is 0 Å². The number of aromatic nitrogens is 1. The van der Waals surface area contributed by atoms with Crippen LogP contribution in [0.3, 0.4) is 0 Å². The van der Waals surface area contributed by atoms with Crippen molar-refractivity contribution in [3.8, 4) is 0 Å². The molecule has 0 bridgehead atoms. The summed E-state index contributed by atoms with van der Waals surface area (Å²) in [6.07, 6.45) is 1.97. The highest BCUT2D eigenvalue weighted by atomic mass is 35.5. The number of carbonyl (C=O) groups is 1. The van der Waals surface area contributed by atoms with Crippen molar-refractivity contribution in [3.05, 3.63) is 62.9 Å². The van der Waals surface area contributed by atoms with Gasteiger partial charge in [0, 0.05) is 50.2 Å². The fraction of sp³-hybridized carbons (Fsp3) is 0.389. The van der Waals surface area contributed by atoms with E-state index in [4.69, 9.17) is 16.3 Å². The third-order valence-electron chi connectivity index (χ3n) is 4.67. The predicted octanol–water partition coefficient (Wildman–Crippen LogP) is 2.39. The lowest BCUT2D eigenvalue weighted by Crippen LogP contribution is -2.44. The van der Waals surface area contributed by atoms with Crippen LogP contribution in [0.5, 0.6) is 0 Å². The van der Waals surface area contributed by atoms with Gasteiger partial charge in [0.05, 0.1) is 24.2 Å². The molecular weight excluding hydrogens is 372 g/mol. The molecule has 1 aliphatic heterocycles. The van der Waals surface area contributed by atoms with E-state index in [1.165, 1.54) is 18.2 Å². The lowest BCUT2D eigenvalue weighted by atomic mass is 10.1. The Hall–Kier alpha value is -2.42. The monoisotopic (exact) mass is 392 g/mol. The summed E-state index contributed by atoms with van der Waals surface area (Å²) in [5.41, 5.74) is 1.01. The summed E-state index contributed by atoms with van der Waals surface area (Å²) in [4.78, 5) is 25.2. The van der Waals surface area contributed by atoms with Crippen LogP contribution in [0.1, 0.15) is 22.1 Å². The van der Waals surface area contributed by atoms with Crippen molar-refractivity contribution in [1.82, 2.24) is 14.8 Å². The summed E-state index contributed by atoms with van der Waals surface area (Å²) >= 11 is 5.82. The summed E-state index contributed by atoms with van der Waals surface area (Å²) in [5, 5.41) is 13.9. The lowest BCUT2D eigenvalue weighted by molar-refractivity contribution is -0.384. The van der Waals surface area contributed by atoms with Crippen molar-refractivity contribution >= 4 is 23.2 Å². The van der Waals surface area contributed by atoms with Crippen molar-refractivity contribution in [2.24, 2.45) is 7.05 Å². The summed E-state index contributed by atoms with van der Waals surface area (Å²) in [7, 11) is 1.97. The van der Waals surface area contributed by atoms with Crippen molar-refractivity contribution in [2.45, 2.75) is 6.04 Å². The number of nitro groups is 1. The first-order valence-corrected chi connectivity index (χ1v) is 9.00. The Morgan fingerprint density at radius 2 is 2.11 bits per heavy atom. The summed E-state index contributed by atoms with van der Waals surface area (Å²) < 4.78 is 7.45. The van der Waals surface area contributed by atoms with E-state index < -0.39 is 4.92 Å². The Balaban J connectivity index is 1.75. The predicted molar refractivity (Wildman–Crippen MR) is 101 cm³/mol. The molecule has 1 aromatic heterocycles. The Morgan fingerprint density at radius 3 is 2.74 bits per heavy atom. The zero-order valence-corrected chi connectivity index (χ0v) is 15.7. The minimum absolute atomic E-state index is 0.00607. The highest BCUT2D eigenvalue weighted by Crippen LogP contribution is 2.25. The van der Waals surface area contributed by atoms with Crippen LogP contribution in [-0.4, -0.2) is 53.1 Å². The zero-order chi connectivity index (χ0) is 19.4. The van der Waals surface area contributed by atoms with Gasteiger partial charge in [0.2, 0.25) is 0 Å². The third-order valence-corrected chi connectivity index (χ3v) is 4.99. The Bertz CT molecular complexity index is 833. The maximum atomic E-state index is 12.5. The number of hydrogen-bond donors (Lipinski definition) is 1. The second kappa shape index (κ2) is 8.51. The van der Waals surface area contributed by atoms with Gasteiger partial charge in [-0.3, -0.25) is 19.8 Å². The minimum Gasteiger partial charge on any atom is -0.379 e. The summed E-state index contributed by atoms with van der Waals surface area (Å²) in [5.74, 6) is -0.373. The second-order valence-corrected chi connectivity index (χ2v) is 6.75. The normalized spacial score (nSPS) is 16.1. The summed E-state index contributed by atoms with van der Waals surface area (Å²) in [6, 6.07) is 8.03. The number of halogens is 1. The molecular formula is C18H21ClN4O4. The maximum absolute atomic E-state index is 12.5. The minimum atomic E-state index is -0.598. The van der Waals surface area contributed by atoms with Gasteiger partial charge in [-0.1, -0.05) is 11.6 Å². The molecule has 0 spiro atoms. The van der Waals surface area contributed by atoms with Crippen molar-refractivity contribution in [3.63, 3.8) is 0 Å². The van der Waals surface area contributed by atoms with Crippen LogP contribution in [0.15, 0.2) is 36.5 Å². The van der Waals surface area contributed by atoms with Crippen LogP contribution in [0.2, 0.25) is 5.02 Å². The molecule has 3 rings (SSSR count). The van der Waals surface area contributed by atoms with Gasteiger partial charge in [-0.25, -0.2) is 0 Å². The standard InChI is InChI=1S/C18H21ClN4O4/c1-21-6-2-3-15(21)17(22-7-9-27-10-8-22)12-20-18(24)13-4-5-14(19)16(11-13)23(25)26/h2-6,11,17H,7-10,12H2,1H3,(H,20,24). The quantitative estimate of drug-likeness (QED) is 0.602. The van der Waals surface area contributed by atoms with Gasteiger partial charge < -0.3 is 14.6 Å². The van der Waals surface area contributed by atoms with Gasteiger partial charge >= 0.3 is 0 Å². The fourth-order valence-corrected chi connectivity index (χ4v) is 3.40. The molecule has 2 aromatic rings. The largest absolute Gasteiger partial charge is 0.379 e. The molecule has 1 aliphatic rings. The van der Waals surface area contributed by atoms with Crippen molar-refractivity contribution in [2.75, 3.05) is 32.8 Å². The van der Waals surface area contributed by atoms with Gasteiger partial charge in [-0.15, -0.1) is 0 Å². The zero-order valence-electron chi connectivity index (χ0n) is 14.9. The smallest absolute Gasteiger partial charge is 0.288 e. The first-order chi connectivity index (χ1) is 13.0. The molecule has 1 atom stereocenters. The molecule has 0 radical (unpaired) electrons. The second-order valence-electron chi connectivity index (χ2n) is 6.34. The molecule has 1 saturated heterocycles. The van der Waals surface area contributed by atoms with E-state index in [1.54, 1.807) is 0 Å². The number of hydrogen-bond acceptors (Lipinski definition) is 5. The van der Waals surface area contributed by atoms with E-state index in [2.05, 4.69) is 10.2 Å². The molecule has 1 amide bonds. The summed E-state index contributed by atoms with van der Waals surface area (Å²) in [6.45, 7) is 3.24. The third kappa shape index (κ3) is 4.47. The van der Waals surface area contributed by atoms with Crippen molar-refractivity contribution < 1.29 is 14.5 Å². The number of rotatable bonds is 6. The fourth-order valence-electron chi connectivity index (χ4n) is 3.22. The lowest BCUT2D eigenvalue weighted by Gasteiger charge is -2.35. The number of benzene rings is 1. The molecule has 8 nitrogen and oxygen atoms in total. The van der Waals surface area contributed by atoms with Gasteiger partial charge in [0.25, 0.3) is 11.6 Å². The van der Waals surface area contributed by atoms with E-state index in [0.29, 0.717) is 19.8 Å². The van der Waals surface area contributed by atoms with Crippen LogP contribution in [0, 0.1) is 10.1 Å². The van der Waals surface area contributed by atoms with Gasteiger partial charge in [-0.2, -0.15) is 0 Å². The molecule has 1 fully saturated rings. The average Bonchev–Trinajstić information content (AvgIpc) is 3.08. The van der Waals surface area contributed by atoms with Crippen LogP contribution < -0.4 is 5.32 Å². The molecule has 0 saturated carbocycles. The van der Waals surface area contributed by atoms with Gasteiger partial charge in [-0.05, 0) is 24.3 Å². The molecule has 1 aromatic carbocycles. The molecule has 0 aliphatic carbocycles. The number of morpholine rings is 1. The van der Waals surface area contributed by atoms with E-state index in [-0.39, 0.29) is 28.2 Å². The highest BCUT2D eigenvalue weighted by Gasteiger charge is 2.25. The van der Waals surface area contributed by atoms with E-state index in [9.17, 15) is 14.9 Å². The first kappa shape index (κ1) is 19.3. The van der Waals surface area contributed by atoms with Crippen LogP contribution in [-0.2, 0) is 11.8 Å². The number of amides is 1. The van der Waals surface area contributed by atoms with Gasteiger partial charge in [0.15, 0.2) is 0 Å². The number of nitrogens with one attached hydrogen (secondary N) is 1. The molecule has 144 valence electrons. The van der Waals surface area contributed by atoms with E-state index >= 15 is 0 Å². The van der Waals surface area contributed by atoms with E-state index in [1.807, 2.05) is 29.9 Å². The molecule has 27 heavy (non-hydrogen) atoms. The topological polar surface area (TPSA) is 89.6 Å². The van der Waals surface area contributed by atoms with E-state index in [0.717, 1.165) is 18.8 Å². The van der Waals surface area contributed by atoms with Gasteiger partial charge in [0.1, 0.15) is 5.02 Å². The Morgan fingerprint density at radius 1 is 1.37 bits per heavy atom. The molecule has 1 N–H and O–H groups in total. The number of nitrogens with zero attached hydrogens (tertiary/aromatic N) is 3. The number of aryl methyl sites for hydroxylation is 1. The van der Waals surface area contributed by atoms with Crippen LogP contribution >= 0.6 is 11.6 Å². The first-order valence-electron chi connectivity index (χ1n) is 8.62. The Labute approximate surface area is 161 Å². The number of ether oxygens (including phenoxy) is 1. The van der Waals surface area contributed by atoms with Crippen molar-refractivity contribution in [1.29, 1.82) is 0 Å². The SMILES string of the molecule is Cn1cccc1C(CNC(=O)c1ccc(Cl)c([N+](=O)[O-])c1)N1CCOCC1. The molecule has 9 heteroatoms. The number of carbonyl (C=O) groups excluding carboxylic acids is 1. The molecule has 1 unspecified atom stereocenters. The highest BCUT2D eigenvalue weighted by molar-refractivity contribution is 6.32. The average molecular weight is 393 g/mol. The molecule has 2 heterocycles.